The van der Waals surface area contributed by atoms with E-state index in [2.05, 4.69) is 22.3 Å². The van der Waals surface area contributed by atoms with Crippen molar-refractivity contribution >= 4 is 27.3 Å². The van der Waals surface area contributed by atoms with Crippen molar-refractivity contribution in [2.24, 2.45) is 0 Å². The topological polar surface area (TPSA) is 79.0 Å². The average molecular weight is 460 g/mol. The van der Waals surface area contributed by atoms with Crippen LogP contribution in [0.2, 0.25) is 0 Å². The molecule has 1 atom stereocenters. The van der Waals surface area contributed by atoms with Gasteiger partial charge in [-0.15, -0.1) is 0 Å². The minimum absolute atomic E-state index is 0.338. The van der Waals surface area contributed by atoms with Gasteiger partial charge in [0.2, 0.25) is 15.9 Å². The minimum atomic E-state index is -3.66. The minimum Gasteiger partial charge on any atom is -0.494 e. The number of amides is 1. The molecule has 7 nitrogen and oxygen atoms in total. The van der Waals surface area contributed by atoms with E-state index < -0.39 is 16.1 Å². The van der Waals surface area contributed by atoms with Crippen molar-refractivity contribution in [1.29, 1.82) is 0 Å². The molecule has 174 valence electrons. The molecule has 1 aliphatic heterocycles. The Balaban J connectivity index is 1.64. The molecule has 1 amide bonds. The summed E-state index contributed by atoms with van der Waals surface area (Å²) in [4.78, 5) is 15.2. The number of ether oxygens (including phenoxy) is 1. The Kier molecular flexibility index (Phi) is 8.01. The van der Waals surface area contributed by atoms with Crippen LogP contribution >= 0.6 is 0 Å². The third-order valence-corrected chi connectivity index (χ3v) is 6.86. The number of carbonyl (C=O) groups is 1. The van der Waals surface area contributed by atoms with Gasteiger partial charge in [-0.25, -0.2) is 8.42 Å². The zero-order chi connectivity index (χ0) is 23.1. The van der Waals surface area contributed by atoms with Gasteiger partial charge in [-0.2, -0.15) is 0 Å². The van der Waals surface area contributed by atoms with E-state index in [1.54, 1.807) is 31.2 Å². The average Bonchev–Trinajstić information content (AvgIpc) is 2.79. The zero-order valence-electron chi connectivity index (χ0n) is 19.1. The highest BCUT2D eigenvalue weighted by Gasteiger charge is 2.29. The fourth-order valence-electron chi connectivity index (χ4n) is 3.98. The van der Waals surface area contributed by atoms with Gasteiger partial charge in [-0.3, -0.25) is 9.10 Å². The number of hydrogen-bond donors (Lipinski definition) is 1. The molecular weight excluding hydrogens is 426 g/mol. The fraction of sp³-hybridized carbons (Fsp3) is 0.458. The molecule has 3 rings (SSSR count). The number of rotatable bonds is 9. The van der Waals surface area contributed by atoms with Gasteiger partial charge >= 0.3 is 0 Å². The summed E-state index contributed by atoms with van der Waals surface area (Å²) in [6, 6.07) is 14.0. The lowest BCUT2D eigenvalue weighted by Crippen LogP contribution is -2.47. The maximum atomic E-state index is 12.8. The number of sulfonamides is 1. The van der Waals surface area contributed by atoms with Crippen LogP contribution in [0.5, 0.6) is 5.75 Å². The molecule has 8 heteroatoms. The largest absolute Gasteiger partial charge is 0.494 e. The SMILES string of the molecule is CCOc1ccc(N([C@@H](C)C(=O)NCc2ccc(N3CCCCC3)cc2)S(C)(=O)=O)cc1. The number of benzene rings is 2. The Morgan fingerprint density at radius 2 is 1.69 bits per heavy atom. The van der Waals surface area contributed by atoms with E-state index in [4.69, 9.17) is 4.74 Å². The van der Waals surface area contributed by atoms with E-state index in [9.17, 15) is 13.2 Å². The first-order chi connectivity index (χ1) is 15.3. The fourth-order valence-corrected chi connectivity index (χ4v) is 5.15. The molecule has 0 radical (unpaired) electrons. The van der Waals surface area contributed by atoms with Crippen molar-refractivity contribution in [3.63, 3.8) is 0 Å². The maximum Gasteiger partial charge on any atom is 0.243 e. The molecule has 1 saturated heterocycles. The molecule has 1 fully saturated rings. The van der Waals surface area contributed by atoms with Crippen molar-refractivity contribution in [1.82, 2.24) is 5.32 Å². The Hall–Kier alpha value is -2.74. The van der Waals surface area contributed by atoms with Crippen LogP contribution in [0.4, 0.5) is 11.4 Å². The van der Waals surface area contributed by atoms with Gasteiger partial charge in [0.15, 0.2) is 0 Å². The Bertz CT molecular complexity index is 985. The summed E-state index contributed by atoms with van der Waals surface area (Å²) in [6.07, 6.45) is 4.84. The van der Waals surface area contributed by atoms with Gasteiger partial charge in [-0.1, -0.05) is 12.1 Å². The molecule has 0 spiro atoms. The van der Waals surface area contributed by atoms with Gasteiger partial charge in [0, 0.05) is 25.3 Å². The number of hydrogen-bond acceptors (Lipinski definition) is 5. The summed E-state index contributed by atoms with van der Waals surface area (Å²) in [7, 11) is -3.66. The second-order valence-electron chi connectivity index (χ2n) is 8.09. The zero-order valence-corrected chi connectivity index (χ0v) is 19.9. The van der Waals surface area contributed by atoms with Gasteiger partial charge in [0.25, 0.3) is 0 Å². The van der Waals surface area contributed by atoms with Crippen LogP contribution in [0.1, 0.15) is 38.7 Å². The van der Waals surface area contributed by atoms with E-state index in [1.165, 1.54) is 24.9 Å². The lowest BCUT2D eigenvalue weighted by atomic mass is 10.1. The molecule has 0 aliphatic carbocycles. The van der Waals surface area contributed by atoms with Crippen molar-refractivity contribution in [2.45, 2.75) is 45.7 Å². The summed E-state index contributed by atoms with van der Waals surface area (Å²) in [5.74, 6) is 0.291. The Morgan fingerprint density at radius 1 is 1.06 bits per heavy atom. The molecular formula is C24H33N3O4S. The van der Waals surface area contributed by atoms with Crippen LogP contribution in [0.25, 0.3) is 0 Å². The summed E-state index contributed by atoms with van der Waals surface area (Å²) < 4.78 is 31.5. The second-order valence-corrected chi connectivity index (χ2v) is 9.95. The van der Waals surface area contributed by atoms with E-state index >= 15 is 0 Å². The third-order valence-electron chi connectivity index (χ3n) is 5.62. The van der Waals surface area contributed by atoms with Crippen LogP contribution in [-0.2, 0) is 21.4 Å². The first-order valence-corrected chi connectivity index (χ1v) is 13.0. The Labute approximate surface area is 191 Å². The van der Waals surface area contributed by atoms with Gasteiger partial charge in [-0.05, 0) is 75.1 Å². The number of piperidine rings is 1. The lowest BCUT2D eigenvalue weighted by molar-refractivity contribution is -0.122. The van der Waals surface area contributed by atoms with Crippen molar-refractivity contribution in [3.8, 4) is 5.75 Å². The summed E-state index contributed by atoms with van der Waals surface area (Å²) in [6.45, 7) is 6.49. The second kappa shape index (κ2) is 10.7. The van der Waals surface area contributed by atoms with Crippen molar-refractivity contribution < 1.29 is 17.9 Å². The summed E-state index contributed by atoms with van der Waals surface area (Å²) >= 11 is 0. The molecule has 1 aliphatic rings. The first kappa shape index (κ1) is 23.9. The normalized spacial score (nSPS) is 15.2. The van der Waals surface area contributed by atoms with Crippen LogP contribution < -0.4 is 19.3 Å². The Morgan fingerprint density at radius 3 is 2.25 bits per heavy atom. The molecule has 2 aromatic rings. The van der Waals surface area contributed by atoms with Crippen LogP contribution in [0.3, 0.4) is 0 Å². The quantitative estimate of drug-likeness (QED) is 0.620. The van der Waals surface area contributed by atoms with E-state index in [0.29, 0.717) is 24.6 Å². The summed E-state index contributed by atoms with van der Waals surface area (Å²) in [5.41, 5.74) is 2.59. The number of nitrogens with zero attached hydrogens (tertiary/aromatic N) is 2. The molecule has 0 aromatic heterocycles. The first-order valence-electron chi connectivity index (χ1n) is 11.1. The molecule has 1 N–H and O–H groups in total. The smallest absolute Gasteiger partial charge is 0.243 e. The van der Waals surface area contributed by atoms with Crippen LogP contribution in [0.15, 0.2) is 48.5 Å². The van der Waals surface area contributed by atoms with Crippen molar-refractivity contribution in [3.05, 3.63) is 54.1 Å². The maximum absolute atomic E-state index is 12.8. The van der Waals surface area contributed by atoms with Gasteiger partial charge < -0.3 is 15.0 Å². The van der Waals surface area contributed by atoms with Crippen molar-refractivity contribution in [2.75, 3.05) is 35.2 Å². The standard InChI is InChI=1S/C24H33N3O4S/c1-4-31-23-14-12-22(13-15-23)27(32(3,29)30)19(2)24(28)25-18-20-8-10-21(11-9-20)26-16-6-5-7-17-26/h8-15,19H,4-7,16-18H2,1-3H3,(H,25,28)/t19-/m0/s1. The molecule has 0 bridgehead atoms. The molecule has 0 unspecified atom stereocenters. The highest BCUT2D eigenvalue weighted by atomic mass is 32.2. The van der Waals surface area contributed by atoms with Gasteiger partial charge in [0.05, 0.1) is 18.6 Å². The number of carbonyl (C=O) groups excluding carboxylic acids is 1. The molecule has 0 saturated carbocycles. The molecule has 2 aromatic carbocycles. The van der Waals surface area contributed by atoms with E-state index in [0.717, 1.165) is 29.2 Å². The molecule has 32 heavy (non-hydrogen) atoms. The highest BCUT2D eigenvalue weighted by molar-refractivity contribution is 7.92. The third kappa shape index (κ3) is 6.16. The number of nitrogens with one attached hydrogen (secondary N) is 1. The predicted octanol–water partition coefficient (Wildman–Crippen LogP) is 3.55. The monoisotopic (exact) mass is 459 g/mol. The van der Waals surface area contributed by atoms with Gasteiger partial charge in [0.1, 0.15) is 11.8 Å². The lowest BCUT2D eigenvalue weighted by Gasteiger charge is -2.29. The van der Waals surface area contributed by atoms with E-state index in [-0.39, 0.29) is 5.91 Å². The highest BCUT2D eigenvalue weighted by Crippen LogP contribution is 2.24. The summed E-state index contributed by atoms with van der Waals surface area (Å²) in [5, 5.41) is 2.87. The van der Waals surface area contributed by atoms with Crippen LogP contribution in [0, 0.1) is 0 Å². The molecule has 1 heterocycles. The number of anilines is 2. The van der Waals surface area contributed by atoms with Crippen LogP contribution in [-0.4, -0.2) is 46.3 Å². The predicted molar refractivity (Wildman–Crippen MR) is 129 cm³/mol. The van der Waals surface area contributed by atoms with E-state index in [1.807, 2.05) is 19.1 Å².